The number of hydrogen-bond donors (Lipinski definition) is 1. The van der Waals surface area contributed by atoms with Crippen molar-refractivity contribution in [2.45, 2.75) is 23.5 Å². The molecule has 0 radical (unpaired) electrons. The van der Waals surface area contributed by atoms with Crippen LogP contribution in [0.5, 0.6) is 0 Å². The molecular weight excluding hydrogens is 238 g/mol. The predicted molar refractivity (Wildman–Crippen MR) is 63.0 cm³/mol. The topological polar surface area (TPSA) is 86.6 Å². The van der Waals surface area contributed by atoms with Gasteiger partial charge in [0.2, 0.25) is 0 Å². The average Bonchev–Trinajstić information content (AvgIpc) is 2.75. The third-order valence-electron chi connectivity index (χ3n) is 2.64. The first kappa shape index (κ1) is 11.6. The van der Waals surface area contributed by atoms with E-state index < -0.39 is 14.6 Å². The second kappa shape index (κ2) is 3.57. The van der Waals surface area contributed by atoms with Crippen LogP contribution in [-0.4, -0.2) is 23.1 Å². The summed E-state index contributed by atoms with van der Waals surface area (Å²) in [6, 6.07) is 6.39. The van der Waals surface area contributed by atoms with Crippen molar-refractivity contribution >= 4 is 20.9 Å². The smallest absolute Gasteiger partial charge is 0.196 e. The number of hydrogen-bond acceptors (Lipinski definition) is 4. The van der Waals surface area contributed by atoms with Crippen molar-refractivity contribution in [3.05, 3.63) is 24.5 Å². The number of sulfone groups is 1. The third-order valence-corrected chi connectivity index (χ3v) is 4.95. The number of nitrogens with one attached hydrogen (secondary N) is 1. The number of imidazole rings is 1. The van der Waals surface area contributed by atoms with Crippen LogP contribution in [0.3, 0.4) is 0 Å². The van der Waals surface area contributed by atoms with Gasteiger partial charge in [0.1, 0.15) is 0 Å². The van der Waals surface area contributed by atoms with Crippen molar-refractivity contribution in [2.24, 2.45) is 0 Å². The highest BCUT2D eigenvalue weighted by Gasteiger charge is 2.36. The molecule has 88 valence electrons. The molecule has 0 amide bonds. The first-order valence-corrected chi connectivity index (χ1v) is 6.46. The molecule has 0 unspecified atom stereocenters. The number of aromatic amines is 1. The number of benzene rings is 1. The molecule has 0 saturated heterocycles. The Morgan fingerprint density at radius 2 is 2.12 bits per heavy atom. The molecule has 0 fully saturated rings. The number of nitriles is 1. The van der Waals surface area contributed by atoms with E-state index in [0.717, 1.165) is 0 Å². The fourth-order valence-corrected chi connectivity index (χ4v) is 2.67. The minimum atomic E-state index is -3.67. The van der Waals surface area contributed by atoms with Gasteiger partial charge in [0, 0.05) is 0 Å². The zero-order chi connectivity index (χ0) is 12.7. The normalized spacial score (nSPS) is 12.5. The minimum Gasteiger partial charge on any atom is -0.345 e. The molecule has 1 aromatic carbocycles. The van der Waals surface area contributed by atoms with Gasteiger partial charge in [-0.2, -0.15) is 5.26 Å². The number of H-pyrrole nitrogens is 1. The molecule has 1 aromatic heterocycles. The Morgan fingerprint density at radius 1 is 1.41 bits per heavy atom. The van der Waals surface area contributed by atoms with Gasteiger partial charge in [0.25, 0.3) is 0 Å². The van der Waals surface area contributed by atoms with Crippen LogP contribution >= 0.6 is 0 Å². The molecule has 5 nitrogen and oxygen atoms in total. The maximum absolute atomic E-state index is 12.2. The summed E-state index contributed by atoms with van der Waals surface area (Å²) < 4.78 is 22.9. The highest BCUT2D eigenvalue weighted by Crippen LogP contribution is 2.26. The quantitative estimate of drug-likeness (QED) is 0.876. The van der Waals surface area contributed by atoms with Crippen molar-refractivity contribution in [3.63, 3.8) is 0 Å². The van der Waals surface area contributed by atoms with Gasteiger partial charge in [-0.3, -0.25) is 0 Å². The molecule has 1 N–H and O–H groups in total. The molecule has 17 heavy (non-hydrogen) atoms. The van der Waals surface area contributed by atoms with E-state index in [4.69, 9.17) is 5.26 Å². The van der Waals surface area contributed by atoms with E-state index in [-0.39, 0.29) is 4.90 Å². The highest BCUT2D eigenvalue weighted by molar-refractivity contribution is 7.93. The van der Waals surface area contributed by atoms with E-state index in [1.165, 1.54) is 32.3 Å². The molecule has 2 rings (SSSR count). The standard InChI is InChI=1S/C11H11N3O2S/c1-11(2,6-12)17(15,16)8-3-4-9-10(5-8)14-7-13-9/h3-5,7H,1-2H3,(H,13,14). The Balaban J connectivity index is 2.65. The lowest BCUT2D eigenvalue weighted by Gasteiger charge is -2.16. The molecular formula is C11H11N3O2S. The fourth-order valence-electron chi connectivity index (χ4n) is 1.44. The summed E-state index contributed by atoms with van der Waals surface area (Å²) >= 11 is 0. The monoisotopic (exact) mass is 249 g/mol. The molecule has 0 aliphatic heterocycles. The maximum Gasteiger partial charge on any atom is 0.196 e. The summed E-state index contributed by atoms with van der Waals surface area (Å²) in [5.41, 5.74) is 1.33. The lowest BCUT2D eigenvalue weighted by atomic mass is 10.2. The number of nitrogens with zero attached hydrogens (tertiary/aromatic N) is 2. The maximum atomic E-state index is 12.2. The Labute approximate surface area is 99.0 Å². The lowest BCUT2D eigenvalue weighted by molar-refractivity contribution is 0.574. The van der Waals surface area contributed by atoms with E-state index in [2.05, 4.69) is 9.97 Å². The van der Waals surface area contributed by atoms with Gasteiger partial charge >= 0.3 is 0 Å². The van der Waals surface area contributed by atoms with Crippen molar-refractivity contribution < 1.29 is 8.42 Å². The number of rotatable bonds is 2. The summed E-state index contributed by atoms with van der Waals surface area (Å²) in [5.74, 6) is 0. The van der Waals surface area contributed by atoms with Gasteiger partial charge in [-0.25, -0.2) is 13.4 Å². The van der Waals surface area contributed by atoms with Gasteiger partial charge < -0.3 is 4.98 Å². The van der Waals surface area contributed by atoms with Crippen LogP contribution in [0.4, 0.5) is 0 Å². The van der Waals surface area contributed by atoms with Crippen LogP contribution < -0.4 is 0 Å². The summed E-state index contributed by atoms with van der Waals surface area (Å²) in [7, 11) is -3.67. The van der Waals surface area contributed by atoms with Gasteiger partial charge in [0.15, 0.2) is 14.6 Å². The largest absolute Gasteiger partial charge is 0.345 e. The second-order valence-electron chi connectivity index (χ2n) is 4.21. The molecule has 1 heterocycles. The van der Waals surface area contributed by atoms with Crippen LogP contribution in [0.1, 0.15) is 13.8 Å². The zero-order valence-electron chi connectivity index (χ0n) is 9.43. The third kappa shape index (κ3) is 1.68. The molecule has 0 aliphatic carbocycles. The van der Waals surface area contributed by atoms with Gasteiger partial charge in [0.05, 0.1) is 28.3 Å². The van der Waals surface area contributed by atoms with Crippen molar-refractivity contribution in [3.8, 4) is 6.07 Å². The van der Waals surface area contributed by atoms with Crippen LogP contribution in [0, 0.1) is 11.3 Å². The number of aromatic nitrogens is 2. The average molecular weight is 249 g/mol. The molecule has 0 aliphatic rings. The van der Waals surface area contributed by atoms with Crippen molar-refractivity contribution in [1.82, 2.24) is 9.97 Å². The Morgan fingerprint density at radius 3 is 2.76 bits per heavy atom. The van der Waals surface area contributed by atoms with E-state index in [1.807, 2.05) is 6.07 Å². The Kier molecular flexibility index (Phi) is 2.44. The molecule has 0 atom stereocenters. The SMILES string of the molecule is CC(C)(C#N)S(=O)(=O)c1ccc2nc[nH]c2c1. The molecule has 0 saturated carbocycles. The summed E-state index contributed by atoms with van der Waals surface area (Å²) in [5, 5.41) is 8.91. The molecule has 2 aromatic rings. The van der Waals surface area contributed by atoms with Gasteiger partial charge in [-0.15, -0.1) is 0 Å². The van der Waals surface area contributed by atoms with Crippen LogP contribution in [-0.2, 0) is 9.84 Å². The zero-order valence-corrected chi connectivity index (χ0v) is 10.2. The summed E-state index contributed by atoms with van der Waals surface area (Å²) in [4.78, 5) is 6.98. The summed E-state index contributed by atoms with van der Waals surface area (Å²) in [6.45, 7) is 2.78. The molecule has 6 heteroatoms. The van der Waals surface area contributed by atoms with Crippen LogP contribution in [0.2, 0.25) is 0 Å². The number of fused-ring (bicyclic) bond motifs is 1. The Hall–Kier alpha value is -1.87. The van der Waals surface area contributed by atoms with Crippen LogP contribution in [0.15, 0.2) is 29.4 Å². The lowest BCUT2D eigenvalue weighted by Crippen LogP contribution is -2.29. The first-order chi connectivity index (χ1) is 7.88. The minimum absolute atomic E-state index is 0.126. The molecule has 0 spiro atoms. The first-order valence-electron chi connectivity index (χ1n) is 4.97. The predicted octanol–water partition coefficient (Wildman–Crippen LogP) is 1.64. The van der Waals surface area contributed by atoms with E-state index in [0.29, 0.717) is 11.0 Å². The van der Waals surface area contributed by atoms with E-state index >= 15 is 0 Å². The highest BCUT2D eigenvalue weighted by atomic mass is 32.2. The van der Waals surface area contributed by atoms with Gasteiger partial charge in [-0.1, -0.05) is 0 Å². The van der Waals surface area contributed by atoms with Crippen LogP contribution in [0.25, 0.3) is 11.0 Å². The second-order valence-corrected chi connectivity index (χ2v) is 6.71. The Bertz CT molecular complexity index is 708. The van der Waals surface area contributed by atoms with E-state index in [1.54, 1.807) is 6.07 Å². The van der Waals surface area contributed by atoms with Gasteiger partial charge in [-0.05, 0) is 32.0 Å². The van der Waals surface area contributed by atoms with Crippen molar-refractivity contribution in [1.29, 1.82) is 5.26 Å². The summed E-state index contributed by atoms with van der Waals surface area (Å²) in [6.07, 6.45) is 1.50. The van der Waals surface area contributed by atoms with Crippen molar-refractivity contribution in [2.75, 3.05) is 0 Å². The fraction of sp³-hybridized carbons (Fsp3) is 0.273. The molecule has 0 bridgehead atoms. The van der Waals surface area contributed by atoms with E-state index in [9.17, 15) is 8.42 Å².